The van der Waals surface area contributed by atoms with Gasteiger partial charge in [-0.05, 0) is 12.8 Å². The summed E-state index contributed by atoms with van der Waals surface area (Å²) in [6.45, 7) is 3.08. The predicted octanol–water partition coefficient (Wildman–Crippen LogP) is 0.248. The number of thiophene rings is 1. The van der Waals surface area contributed by atoms with Gasteiger partial charge in [0.05, 0.1) is 11.9 Å². The van der Waals surface area contributed by atoms with Crippen molar-refractivity contribution in [3.63, 3.8) is 0 Å². The zero-order chi connectivity index (χ0) is 16.7. The molecule has 1 aliphatic heterocycles. The average molecular weight is 388 g/mol. The molecule has 2 rings (SSSR count). The van der Waals surface area contributed by atoms with Crippen LogP contribution in [-0.4, -0.2) is 44.1 Å². The topological polar surface area (TPSA) is 82.1 Å². The van der Waals surface area contributed by atoms with Crippen LogP contribution in [0.15, 0.2) is 10.8 Å². The fraction of sp³-hybridized carbons (Fsp3) is 0.733. The van der Waals surface area contributed by atoms with Gasteiger partial charge < -0.3 is 15.6 Å². The van der Waals surface area contributed by atoms with E-state index in [1.165, 1.54) is 11.3 Å². The van der Waals surface area contributed by atoms with Crippen molar-refractivity contribution in [3.8, 4) is 11.5 Å². The SMILES string of the molecule is CCCCCC(CCOCC1COc2cscc2O1)S(=O)(=O)O.[H-].[Na+]. The standard InChI is InChI=1S/C15H24O6S2.Na.H/c1-2-3-4-5-13(23(16,17)18)6-7-19-8-12-9-20-14-10-22-11-15(14)21-12;;/h10-13H,2-9H2,1H3,(H,16,17,18);;/q;+1;-1. The van der Waals surface area contributed by atoms with E-state index in [4.69, 9.17) is 14.2 Å². The van der Waals surface area contributed by atoms with E-state index in [-0.39, 0.29) is 43.7 Å². The summed E-state index contributed by atoms with van der Waals surface area (Å²) in [5, 5.41) is 3.02. The summed E-state index contributed by atoms with van der Waals surface area (Å²) in [6.07, 6.45) is 3.33. The van der Waals surface area contributed by atoms with Crippen LogP contribution in [0.3, 0.4) is 0 Å². The summed E-state index contributed by atoms with van der Waals surface area (Å²) in [6, 6.07) is 0. The van der Waals surface area contributed by atoms with Crippen LogP contribution in [0, 0.1) is 0 Å². The third-order valence-electron chi connectivity index (χ3n) is 3.75. The molecule has 0 saturated carbocycles. The molecule has 24 heavy (non-hydrogen) atoms. The Morgan fingerprint density at radius 2 is 2.12 bits per heavy atom. The van der Waals surface area contributed by atoms with Gasteiger partial charge in [-0.15, -0.1) is 11.3 Å². The van der Waals surface area contributed by atoms with E-state index >= 15 is 0 Å². The van der Waals surface area contributed by atoms with Crippen LogP contribution in [0.1, 0.15) is 40.5 Å². The Morgan fingerprint density at radius 3 is 2.83 bits per heavy atom. The van der Waals surface area contributed by atoms with Gasteiger partial charge in [0, 0.05) is 17.4 Å². The van der Waals surface area contributed by atoms with Gasteiger partial charge in [0.25, 0.3) is 10.1 Å². The van der Waals surface area contributed by atoms with Crippen LogP contribution >= 0.6 is 11.3 Å². The van der Waals surface area contributed by atoms with Crippen molar-refractivity contribution >= 4 is 21.5 Å². The third kappa shape index (κ3) is 7.19. The van der Waals surface area contributed by atoms with Gasteiger partial charge in [-0.1, -0.05) is 26.2 Å². The van der Waals surface area contributed by atoms with Gasteiger partial charge >= 0.3 is 29.6 Å². The molecule has 0 aliphatic carbocycles. The smallest absolute Gasteiger partial charge is 1.00 e. The Balaban J connectivity index is 0.00000288. The number of rotatable bonds is 10. The molecule has 1 aromatic rings. The zero-order valence-corrected chi connectivity index (χ0v) is 17.9. The van der Waals surface area contributed by atoms with E-state index in [1.807, 2.05) is 10.8 Å². The maximum atomic E-state index is 11.4. The summed E-state index contributed by atoms with van der Waals surface area (Å²) < 4.78 is 48.8. The number of fused-ring (bicyclic) bond motifs is 1. The summed E-state index contributed by atoms with van der Waals surface area (Å²) in [4.78, 5) is 0. The second kappa shape index (κ2) is 11.0. The molecular weight excluding hydrogens is 363 g/mol. The number of unbranched alkanes of at least 4 members (excludes halogenated alkanes) is 2. The van der Waals surface area contributed by atoms with E-state index in [2.05, 4.69) is 6.92 Å². The fourth-order valence-corrected chi connectivity index (χ4v) is 3.97. The van der Waals surface area contributed by atoms with Crippen molar-refractivity contribution in [1.29, 1.82) is 0 Å². The van der Waals surface area contributed by atoms with E-state index in [1.54, 1.807) is 0 Å². The second-order valence-corrected chi connectivity index (χ2v) is 8.09. The first-order valence-electron chi connectivity index (χ1n) is 7.90. The Bertz CT molecular complexity index is 580. The number of hydrogen-bond acceptors (Lipinski definition) is 6. The molecular formula is C15H25NaO6S2. The Hall–Kier alpha value is 0.170. The number of ether oxygens (including phenoxy) is 3. The molecule has 0 fully saturated rings. The molecule has 134 valence electrons. The minimum absolute atomic E-state index is 0. The van der Waals surface area contributed by atoms with Crippen LogP contribution < -0.4 is 39.0 Å². The summed E-state index contributed by atoms with van der Waals surface area (Å²) in [7, 11) is -4.02. The molecule has 0 bridgehead atoms. The van der Waals surface area contributed by atoms with Crippen molar-refractivity contribution in [1.82, 2.24) is 0 Å². The molecule has 9 heteroatoms. The molecule has 0 aromatic carbocycles. The second-order valence-electron chi connectivity index (χ2n) is 5.65. The summed E-state index contributed by atoms with van der Waals surface area (Å²) in [5.74, 6) is 1.49. The zero-order valence-electron chi connectivity index (χ0n) is 15.3. The van der Waals surface area contributed by atoms with Crippen molar-refractivity contribution in [3.05, 3.63) is 10.8 Å². The van der Waals surface area contributed by atoms with Crippen molar-refractivity contribution in [2.75, 3.05) is 19.8 Å². The van der Waals surface area contributed by atoms with Crippen LogP contribution in [0.5, 0.6) is 11.5 Å². The van der Waals surface area contributed by atoms with Crippen LogP contribution in [0.2, 0.25) is 0 Å². The van der Waals surface area contributed by atoms with E-state index < -0.39 is 15.4 Å². The molecule has 0 radical (unpaired) electrons. The molecule has 1 aromatic heterocycles. The fourth-order valence-electron chi connectivity index (χ4n) is 2.44. The summed E-state index contributed by atoms with van der Waals surface area (Å²) >= 11 is 1.52. The van der Waals surface area contributed by atoms with Gasteiger partial charge in [0.15, 0.2) is 17.6 Å². The van der Waals surface area contributed by atoms with Gasteiger partial charge in [-0.25, -0.2) is 0 Å². The van der Waals surface area contributed by atoms with Gasteiger partial charge in [0.2, 0.25) is 0 Å². The molecule has 2 atom stereocenters. The molecule has 0 amide bonds. The van der Waals surface area contributed by atoms with Gasteiger partial charge in [0.1, 0.15) is 6.61 Å². The molecule has 0 saturated heterocycles. The predicted molar refractivity (Wildman–Crippen MR) is 90.3 cm³/mol. The molecule has 1 aliphatic rings. The van der Waals surface area contributed by atoms with Gasteiger partial charge in [-0.3, -0.25) is 4.55 Å². The van der Waals surface area contributed by atoms with Crippen LogP contribution in [-0.2, 0) is 14.9 Å². The Kier molecular flexibility index (Phi) is 10.2. The normalized spacial score (nSPS) is 18.0. The molecule has 6 nitrogen and oxygen atoms in total. The maximum Gasteiger partial charge on any atom is 1.00 e. The number of hydrogen-bond donors (Lipinski definition) is 1. The molecule has 0 spiro atoms. The summed E-state index contributed by atoms with van der Waals surface area (Å²) in [5.41, 5.74) is 0. The maximum absolute atomic E-state index is 11.4. The van der Waals surface area contributed by atoms with Crippen molar-refractivity contribution in [2.45, 2.75) is 50.4 Å². The minimum atomic E-state index is -4.02. The van der Waals surface area contributed by atoms with Crippen LogP contribution in [0.25, 0.3) is 0 Å². The average Bonchev–Trinajstić information content (AvgIpc) is 2.96. The van der Waals surface area contributed by atoms with Crippen LogP contribution in [0.4, 0.5) is 0 Å². The van der Waals surface area contributed by atoms with Crippen molar-refractivity contribution in [2.24, 2.45) is 0 Å². The molecule has 1 N–H and O–H groups in total. The van der Waals surface area contributed by atoms with E-state index in [0.717, 1.165) is 30.8 Å². The minimum Gasteiger partial charge on any atom is -1.00 e. The Morgan fingerprint density at radius 1 is 1.38 bits per heavy atom. The van der Waals surface area contributed by atoms with Gasteiger partial charge in [-0.2, -0.15) is 8.42 Å². The van der Waals surface area contributed by atoms with Crippen molar-refractivity contribution < 1.29 is 58.2 Å². The Labute approximate surface area is 171 Å². The largest absolute Gasteiger partial charge is 1.00 e. The molecule has 2 heterocycles. The third-order valence-corrected chi connectivity index (χ3v) is 5.76. The van der Waals surface area contributed by atoms with E-state index in [0.29, 0.717) is 26.1 Å². The first kappa shape index (κ1) is 22.2. The monoisotopic (exact) mass is 388 g/mol. The first-order chi connectivity index (χ1) is 11.0. The van der Waals surface area contributed by atoms with E-state index in [9.17, 15) is 13.0 Å². The quantitative estimate of drug-likeness (QED) is 0.352. The first-order valence-corrected chi connectivity index (χ1v) is 10.3. The molecule has 2 unspecified atom stereocenters.